The number of sulfonamides is 1. The van der Waals surface area contributed by atoms with Crippen LogP contribution in [0.5, 0.6) is 5.75 Å². The molecule has 0 bridgehead atoms. The number of amides is 1. The molecule has 0 aromatic heterocycles. The summed E-state index contributed by atoms with van der Waals surface area (Å²) in [6.07, 6.45) is 1.78. The van der Waals surface area contributed by atoms with Gasteiger partial charge in [0.1, 0.15) is 5.75 Å². The van der Waals surface area contributed by atoms with E-state index in [1.165, 1.54) is 14.8 Å². The van der Waals surface area contributed by atoms with Gasteiger partial charge in [0.05, 0.1) is 19.1 Å². The second kappa shape index (κ2) is 11.8. The van der Waals surface area contributed by atoms with Crippen molar-refractivity contribution in [3.8, 4) is 5.75 Å². The van der Waals surface area contributed by atoms with Crippen molar-refractivity contribution in [3.63, 3.8) is 0 Å². The average molecular weight is 485 g/mol. The molecule has 0 saturated heterocycles. The van der Waals surface area contributed by atoms with E-state index < -0.39 is 10.0 Å². The van der Waals surface area contributed by atoms with Crippen LogP contribution < -0.4 is 14.4 Å². The molecule has 0 saturated carbocycles. The first kappa shape index (κ1) is 24.7. The number of nitrogens with zero attached hydrogens (tertiary/aromatic N) is 1. The predicted molar refractivity (Wildman–Crippen MR) is 135 cm³/mol. The first-order valence-corrected chi connectivity index (χ1v) is 13.4. The highest BCUT2D eigenvalue weighted by atomic mass is 32.2. The van der Waals surface area contributed by atoms with Crippen LogP contribution in [0.1, 0.15) is 18.4 Å². The van der Waals surface area contributed by atoms with Crippen LogP contribution in [0.2, 0.25) is 0 Å². The Morgan fingerprint density at radius 2 is 1.64 bits per heavy atom. The maximum atomic E-state index is 12.4. The summed E-state index contributed by atoms with van der Waals surface area (Å²) < 4.78 is 30.9. The van der Waals surface area contributed by atoms with Gasteiger partial charge in [0.15, 0.2) is 0 Å². The first-order chi connectivity index (χ1) is 15.8. The van der Waals surface area contributed by atoms with Crippen molar-refractivity contribution in [1.29, 1.82) is 0 Å². The Bertz CT molecular complexity index is 1130. The summed E-state index contributed by atoms with van der Waals surface area (Å²) in [6.45, 7) is 0.216. The zero-order valence-electron chi connectivity index (χ0n) is 18.7. The van der Waals surface area contributed by atoms with Gasteiger partial charge in [0.2, 0.25) is 15.9 Å². The molecule has 0 spiro atoms. The van der Waals surface area contributed by atoms with E-state index in [2.05, 4.69) is 17.4 Å². The van der Waals surface area contributed by atoms with Crippen LogP contribution in [0, 0.1) is 0 Å². The van der Waals surface area contributed by atoms with Gasteiger partial charge in [-0.25, -0.2) is 8.42 Å². The third kappa shape index (κ3) is 7.83. The van der Waals surface area contributed by atoms with E-state index in [0.717, 1.165) is 17.7 Å². The Hall–Kier alpha value is -2.97. The zero-order valence-corrected chi connectivity index (χ0v) is 20.4. The lowest BCUT2D eigenvalue weighted by molar-refractivity contribution is -0.116. The SMILES string of the molecule is COc1ccc(N(CCCC(=O)Nc2ccc(CSc3ccccc3)cc2)S(C)(=O)=O)cc1. The minimum Gasteiger partial charge on any atom is -0.497 e. The first-order valence-electron chi connectivity index (χ1n) is 10.5. The van der Waals surface area contributed by atoms with Crippen molar-refractivity contribution < 1.29 is 17.9 Å². The Labute approximate surface area is 200 Å². The largest absolute Gasteiger partial charge is 0.497 e. The number of carbonyl (C=O) groups is 1. The molecule has 6 nitrogen and oxygen atoms in total. The molecule has 0 aliphatic heterocycles. The lowest BCUT2D eigenvalue weighted by atomic mass is 10.2. The number of benzene rings is 3. The molecule has 8 heteroatoms. The van der Waals surface area contributed by atoms with Crippen LogP contribution in [0.3, 0.4) is 0 Å². The number of anilines is 2. The summed E-state index contributed by atoms with van der Waals surface area (Å²) in [6, 6.07) is 24.8. The number of thioether (sulfide) groups is 1. The van der Waals surface area contributed by atoms with Gasteiger partial charge in [-0.15, -0.1) is 11.8 Å². The normalized spacial score (nSPS) is 11.1. The zero-order chi connectivity index (χ0) is 23.7. The van der Waals surface area contributed by atoms with E-state index in [9.17, 15) is 13.2 Å². The number of ether oxygens (including phenoxy) is 1. The fourth-order valence-corrected chi connectivity index (χ4v) is 5.05. The van der Waals surface area contributed by atoms with E-state index in [0.29, 0.717) is 17.9 Å². The number of rotatable bonds is 11. The van der Waals surface area contributed by atoms with Crippen LogP contribution in [0.4, 0.5) is 11.4 Å². The minimum atomic E-state index is -3.47. The summed E-state index contributed by atoms with van der Waals surface area (Å²) in [5, 5.41) is 2.88. The molecular weight excluding hydrogens is 456 g/mol. The Morgan fingerprint density at radius 1 is 0.970 bits per heavy atom. The molecule has 33 heavy (non-hydrogen) atoms. The van der Waals surface area contributed by atoms with E-state index in [4.69, 9.17) is 4.74 Å². The predicted octanol–water partition coefficient (Wildman–Crippen LogP) is 5.17. The van der Waals surface area contributed by atoms with Crippen LogP contribution >= 0.6 is 11.8 Å². The van der Waals surface area contributed by atoms with Gasteiger partial charge in [0.25, 0.3) is 0 Å². The Morgan fingerprint density at radius 3 is 2.24 bits per heavy atom. The van der Waals surface area contributed by atoms with Crippen LogP contribution in [-0.2, 0) is 20.6 Å². The lowest BCUT2D eigenvalue weighted by Gasteiger charge is -2.22. The van der Waals surface area contributed by atoms with Crippen molar-refractivity contribution in [2.24, 2.45) is 0 Å². The van der Waals surface area contributed by atoms with E-state index in [1.54, 1.807) is 43.1 Å². The summed E-state index contributed by atoms with van der Waals surface area (Å²) in [4.78, 5) is 13.6. The van der Waals surface area contributed by atoms with Gasteiger partial charge in [-0.2, -0.15) is 0 Å². The van der Waals surface area contributed by atoms with Crippen molar-refractivity contribution in [3.05, 3.63) is 84.4 Å². The van der Waals surface area contributed by atoms with Gasteiger partial charge in [0, 0.05) is 29.3 Å². The Balaban J connectivity index is 1.48. The quantitative estimate of drug-likeness (QED) is 0.380. The molecule has 0 unspecified atom stereocenters. The van der Waals surface area contributed by atoms with Crippen LogP contribution in [-0.4, -0.2) is 34.2 Å². The number of nitrogens with one attached hydrogen (secondary N) is 1. The van der Waals surface area contributed by atoms with Crippen LogP contribution in [0.15, 0.2) is 83.8 Å². The molecule has 1 amide bonds. The molecule has 3 aromatic rings. The maximum absolute atomic E-state index is 12.4. The van der Waals surface area contributed by atoms with Gasteiger partial charge in [-0.3, -0.25) is 9.10 Å². The van der Waals surface area contributed by atoms with Gasteiger partial charge < -0.3 is 10.1 Å². The molecule has 0 heterocycles. The molecule has 0 aliphatic rings. The molecule has 1 N–H and O–H groups in total. The fourth-order valence-electron chi connectivity index (χ4n) is 3.21. The lowest BCUT2D eigenvalue weighted by Crippen LogP contribution is -2.31. The third-order valence-electron chi connectivity index (χ3n) is 4.91. The molecule has 0 fully saturated rings. The van der Waals surface area contributed by atoms with Crippen molar-refractivity contribution in [2.45, 2.75) is 23.5 Å². The monoisotopic (exact) mass is 484 g/mol. The van der Waals surface area contributed by atoms with Gasteiger partial charge >= 0.3 is 0 Å². The molecule has 174 valence electrons. The number of hydrogen-bond donors (Lipinski definition) is 1. The fraction of sp³-hybridized carbons (Fsp3) is 0.240. The maximum Gasteiger partial charge on any atom is 0.232 e. The molecular formula is C25H28N2O4S2. The van der Waals surface area contributed by atoms with E-state index in [1.807, 2.05) is 42.5 Å². The molecule has 3 rings (SSSR count). The second-order valence-electron chi connectivity index (χ2n) is 7.48. The number of methoxy groups -OCH3 is 1. The van der Waals surface area contributed by atoms with Crippen LogP contribution in [0.25, 0.3) is 0 Å². The summed E-state index contributed by atoms with van der Waals surface area (Å²) >= 11 is 1.76. The molecule has 0 radical (unpaired) electrons. The van der Waals surface area contributed by atoms with Crippen molar-refractivity contribution in [2.75, 3.05) is 29.5 Å². The standard InChI is InChI=1S/C25H28N2O4S2/c1-31-23-16-14-22(15-17-23)27(33(2,29)30)18-6-9-25(28)26-21-12-10-20(11-13-21)19-32-24-7-4-3-5-8-24/h3-5,7-8,10-17H,6,9,18-19H2,1-2H3,(H,26,28). The molecule has 0 aliphatic carbocycles. The van der Waals surface area contributed by atoms with E-state index in [-0.39, 0.29) is 18.9 Å². The van der Waals surface area contributed by atoms with Crippen molar-refractivity contribution >= 4 is 39.1 Å². The van der Waals surface area contributed by atoms with Gasteiger partial charge in [-0.05, 0) is 60.5 Å². The summed E-state index contributed by atoms with van der Waals surface area (Å²) in [7, 11) is -1.91. The highest BCUT2D eigenvalue weighted by Gasteiger charge is 2.17. The molecule has 0 atom stereocenters. The van der Waals surface area contributed by atoms with E-state index >= 15 is 0 Å². The van der Waals surface area contributed by atoms with Crippen molar-refractivity contribution in [1.82, 2.24) is 0 Å². The van der Waals surface area contributed by atoms with Gasteiger partial charge in [-0.1, -0.05) is 30.3 Å². The third-order valence-corrected chi connectivity index (χ3v) is 7.19. The number of hydrogen-bond acceptors (Lipinski definition) is 5. The molecule has 3 aromatic carbocycles. The minimum absolute atomic E-state index is 0.149. The second-order valence-corrected chi connectivity index (χ2v) is 10.4. The highest BCUT2D eigenvalue weighted by Crippen LogP contribution is 2.24. The summed E-state index contributed by atoms with van der Waals surface area (Å²) in [5.74, 6) is 1.35. The average Bonchev–Trinajstić information content (AvgIpc) is 2.81. The Kier molecular flexibility index (Phi) is 8.79. The topological polar surface area (TPSA) is 75.7 Å². The number of carbonyl (C=O) groups excluding carboxylic acids is 1. The smallest absolute Gasteiger partial charge is 0.232 e. The summed E-state index contributed by atoms with van der Waals surface area (Å²) in [5.41, 5.74) is 2.44. The highest BCUT2D eigenvalue weighted by molar-refractivity contribution is 7.98.